The molecule has 3 rings (SSSR count). The van der Waals surface area contributed by atoms with E-state index in [2.05, 4.69) is 0 Å². The Hall–Kier alpha value is -2.59. The molecule has 0 saturated heterocycles. The Bertz CT molecular complexity index is 989. The third-order valence-corrected chi connectivity index (χ3v) is 4.32. The first-order chi connectivity index (χ1) is 11.6. The Balaban J connectivity index is 2.02. The monoisotopic (exact) mass is 340 g/mol. The number of aryl methyl sites for hydroxylation is 1. The van der Waals surface area contributed by atoms with Gasteiger partial charge in [0.1, 0.15) is 0 Å². The van der Waals surface area contributed by atoms with E-state index >= 15 is 0 Å². The SMILES string of the molecule is CCc1cccc(-n2ccn(Cc3ccccc3Cl)c(=O)c2=O)c1. The van der Waals surface area contributed by atoms with Crippen molar-refractivity contribution in [3.63, 3.8) is 0 Å². The van der Waals surface area contributed by atoms with Gasteiger partial charge in [0.15, 0.2) is 0 Å². The Labute approximate surface area is 144 Å². The van der Waals surface area contributed by atoms with E-state index in [4.69, 9.17) is 11.6 Å². The van der Waals surface area contributed by atoms with E-state index < -0.39 is 11.1 Å². The zero-order valence-corrected chi connectivity index (χ0v) is 14.0. The first-order valence-electron chi connectivity index (χ1n) is 7.75. The summed E-state index contributed by atoms with van der Waals surface area (Å²) in [6, 6.07) is 14.9. The largest absolute Gasteiger partial charge is 0.320 e. The fraction of sp³-hybridized carbons (Fsp3) is 0.158. The van der Waals surface area contributed by atoms with Crippen LogP contribution in [0.25, 0.3) is 5.69 Å². The van der Waals surface area contributed by atoms with E-state index in [1.54, 1.807) is 18.5 Å². The molecule has 4 nitrogen and oxygen atoms in total. The highest BCUT2D eigenvalue weighted by Gasteiger charge is 2.09. The zero-order chi connectivity index (χ0) is 17.1. The molecule has 24 heavy (non-hydrogen) atoms. The van der Waals surface area contributed by atoms with Crippen LogP contribution in [-0.4, -0.2) is 9.13 Å². The molecule has 0 unspecified atom stereocenters. The van der Waals surface area contributed by atoms with E-state index in [-0.39, 0.29) is 6.54 Å². The molecule has 0 saturated carbocycles. The van der Waals surface area contributed by atoms with Gasteiger partial charge in [0.25, 0.3) is 0 Å². The molecule has 122 valence electrons. The highest BCUT2D eigenvalue weighted by Crippen LogP contribution is 2.15. The number of nitrogens with zero attached hydrogens (tertiary/aromatic N) is 2. The molecule has 0 radical (unpaired) electrons. The van der Waals surface area contributed by atoms with Gasteiger partial charge >= 0.3 is 11.1 Å². The maximum absolute atomic E-state index is 12.5. The Morgan fingerprint density at radius 1 is 0.958 bits per heavy atom. The Morgan fingerprint density at radius 2 is 1.75 bits per heavy atom. The van der Waals surface area contributed by atoms with Crippen LogP contribution in [0, 0.1) is 0 Å². The van der Waals surface area contributed by atoms with Crippen molar-refractivity contribution in [2.75, 3.05) is 0 Å². The summed E-state index contributed by atoms with van der Waals surface area (Å²) in [7, 11) is 0. The minimum Gasteiger partial charge on any atom is -0.305 e. The molecule has 0 bridgehead atoms. The molecule has 0 amide bonds. The van der Waals surface area contributed by atoms with Crippen molar-refractivity contribution in [1.29, 1.82) is 0 Å². The van der Waals surface area contributed by atoms with Crippen LogP contribution in [0.1, 0.15) is 18.1 Å². The van der Waals surface area contributed by atoms with Crippen molar-refractivity contribution in [2.45, 2.75) is 19.9 Å². The lowest BCUT2D eigenvalue weighted by atomic mass is 10.1. The molecular formula is C19H17ClN2O2. The van der Waals surface area contributed by atoms with Gasteiger partial charge < -0.3 is 4.57 Å². The second-order valence-corrected chi connectivity index (χ2v) is 5.93. The number of hydrogen-bond donors (Lipinski definition) is 0. The van der Waals surface area contributed by atoms with Crippen molar-refractivity contribution < 1.29 is 0 Å². The van der Waals surface area contributed by atoms with Crippen molar-refractivity contribution in [2.24, 2.45) is 0 Å². The average Bonchev–Trinajstić information content (AvgIpc) is 2.61. The summed E-state index contributed by atoms with van der Waals surface area (Å²) < 4.78 is 2.76. The quantitative estimate of drug-likeness (QED) is 0.684. The summed E-state index contributed by atoms with van der Waals surface area (Å²) in [5.41, 5.74) is 1.46. The van der Waals surface area contributed by atoms with Crippen molar-refractivity contribution in [3.05, 3.63) is 97.8 Å². The minimum absolute atomic E-state index is 0.267. The molecule has 0 N–H and O–H groups in total. The third-order valence-electron chi connectivity index (χ3n) is 3.95. The first kappa shape index (κ1) is 16.3. The van der Waals surface area contributed by atoms with E-state index in [1.807, 2.05) is 49.4 Å². The van der Waals surface area contributed by atoms with Gasteiger partial charge in [0, 0.05) is 23.1 Å². The lowest BCUT2D eigenvalue weighted by Crippen LogP contribution is -2.40. The van der Waals surface area contributed by atoms with Gasteiger partial charge in [-0.2, -0.15) is 0 Å². The van der Waals surface area contributed by atoms with Crippen LogP contribution in [-0.2, 0) is 13.0 Å². The molecule has 2 aromatic carbocycles. The fourth-order valence-electron chi connectivity index (χ4n) is 2.57. The summed E-state index contributed by atoms with van der Waals surface area (Å²) >= 11 is 6.13. The summed E-state index contributed by atoms with van der Waals surface area (Å²) in [6.07, 6.45) is 4.10. The average molecular weight is 341 g/mol. The van der Waals surface area contributed by atoms with Crippen molar-refractivity contribution in [3.8, 4) is 5.69 Å². The standard InChI is InChI=1S/C19H17ClN2O2/c1-2-14-6-5-8-16(12-14)22-11-10-21(18(23)19(22)24)13-15-7-3-4-9-17(15)20/h3-12H,2,13H2,1H3. The van der Waals surface area contributed by atoms with Crippen LogP contribution in [0.4, 0.5) is 0 Å². The van der Waals surface area contributed by atoms with Crippen LogP contribution < -0.4 is 11.1 Å². The Morgan fingerprint density at radius 3 is 2.50 bits per heavy atom. The second-order valence-electron chi connectivity index (χ2n) is 5.52. The summed E-state index contributed by atoms with van der Waals surface area (Å²) in [6.45, 7) is 2.31. The summed E-state index contributed by atoms with van der Waals surface area (Å²) in [5.74, 6) is 0. The van der Waals surface area contributed by atoms with Crippen LogP contribution >= 0.6 is 11.6 Å². The van der Waals surface area contributed by atoms with Gasteiger partial charge in [-0.05, 0) is 35.7 Å². The van der Waals surface area contributed by atoms with Crippen LogP contribution in [0.5, 0.6) is 0 Å². The molecule has 1 heterocycles. The molecule has 3 aromatic rings. The van der Waals surface area contributed by atoms with Gasteiger partial charge in [-0.25, -0.2) is 0 Å². The lowest BCUT2D eigenvalue weighted by molar-refractivity contribution is 0.718. The van der Waals surface area contributed by atoms with Gasteiger partial charge in [-0.15, -0.1) is 0 Å². The van der Waals surface area contributed by atoms with Crippen LogP contribution in [0.15, 0.2) is 70.5 Å². The molecule has 0 aliphatic carbocycles. The fourth-order valence-corrected chi connectivity index (χ4v) is 2.77. The van der Waals surface area contributed by atoms with Gasteiger partial charge in [-0.3, -0.25) is 14.2 Å². The van der Waals surface area contributed by atoms with Crippen molar-refractivity contribution >= 4 is 11.6 Å². The summed E-state index contributed by atoms with van der Waals surface area (Å²) in [4.78, 5) is 24.9. The molecule has 1 aromatic heterocycles. The van der Waals surface area contributed by atoms with Crippen molar-refractivity contribution in [1.82, 2.24) is 9.13 Å². The maximum Gasteiger partial charge on any atom is 0.320 e. The number of benzene rings is 2. The number of aromatic nitrogens is 2. The van der Waals surface area contributed by atoms with Gasteiger partial charge in [0.05, 0.1) is 6.54 Å². The summed E-state index contributed by atoms with van der Waals surface area (Å²) in [5, 5.41) is 0.573. The minimum atomic E-state index is -0.571. The third kappa shape index (κ3) is 3.19. The Kier molecular flexibility index (Phi) is 4.67. The molecule has 0 spiro atoms. The predicted octanol–water partition coefficient (Wildman–Crippen LogP) is 3.26. The molecule has 5 heteroatoms. The second kappa shape index (κ2) is 6.89. The van der Waals surface area contributed by atoms with E-state index in [1.165, 1.54) is 9.13 Å². The van der Waals surface area contributed by atoms with Crippen LogP contribution in [0.2, 0.25) is 5.02 Å². The number of rotatable bonds is 4. The predicted molar refractivity (Wildman–Crippen MR) is 96.2 cm³/mol. The topological polar surface area (TPSA) is 44.0 Å². The maximum atomic E-state index is 12.5. The molecule has 0 aliphatic heterocycles. The highest BCUT2D eigenvalue weighted by molar-refractivity contribution is 6.31. The molecular weight excluding hydrogens is 324 g/mol. The molecule has 0 fully saturated rings. The molecule has 0 aliphatic rings. The normalized spacial score (nSPS) is 10.8. The zero-order valence-electron chi connectivity index (χ0n) is 13.3. The smallest absolute Gasteiger partial charge is 0.305 e. The van der Waals surface area contributed by atoms with E-state index in [9.17, 15) is 9.59 Å². The number of hydrogen-bond acceptors (Lipinski definition) is 2. The molecule has 0 atom stereocenters. The van der Waals surface area contributed by atoms with E-state index in [0.717, 1.165) is 17.5 Å². The van der Waals surface area contributed by atoms with E-state index in [0.29, 0.717) is 10.7 Å². The highest BCUT2D eigenvalue weighted by atomic mass is 35.5. The van der Waals surface area contributed by atoms with Gasteiger partial charge in [-0.1, -0.05) is 48.9 Å². The lowest BCUT2D eigenvalue weighted by Gasteiger charge is -2.10. The van der Waals surface area contributed by atoms with Crippen LogP contribution in [0.3, 0.4) is 0 Å². The first-order valence-corrected chi connectivity index (χ1v) is 8.12. The number of halogens is 1. The van der Waals surface area contributed by atoms with Gasteiger partial charge in [0.2, 0.25) is 0 Å².